The molecule has 3 nitrogen and oxygen atoms in total. The van der Waals surface area contributed by atoms with E-state index >= 15 is 0 Å². The standard InChI is InChI=1S/C23H36N2O.ClH/c1-4-5-6-7-8-9-10-11-23(26)25-21-13-12-18(2)16-19(21)20-17-24(3)15-14-22(20)25;/h12-13,16,20,22H,4-11,14-15,17H2,1-3H3;1H/t20-,22+;/m0./s1. The molecular formula is C23H37ClN2O. The fourth-order valence-electron chi connectivity index (χ4n) is 4.76. The Morgan fingerprint density at radius 3 is 2.56 bits per heavy atom. The third kappa shape index (κ3) is 5.26. The summed E-state index contributed by atoms with van der Waals surface area (Å²) in [6.45, 7) is 6.58. The summed E-state index contributed by atoms with van der Waals surface area (Å²) in [5, 5.41) is 0. The largest absolute Gasteiger partial charge is 0.308 e. The van der Waals surface area contributed by atoms with Crippen molar-refractivity contribution in [3.63, 3.8) is 0 Å². The average Bonchev–Trinajstić information content (AvgIpc) is 2.94. The van der Waals surface area contributed by atoms with Crippen LogP contribution in [0.15, 0.2) is 18.2 Å². The van der Waals surface area contributed by atoms with Crippen molar-refractivity contribution in [3.8, 4) is 0 Å². The van der Waals surface area contributed by atoms with E-state index in [4.69, 9.17) is 0 Å². The van der Waals surface area contributed by atoms with E-state index in [1.165, 1.54) is 55.3 Å². The Kier molecular flexibility index (Phi) is 8.62. The highest BCUT2D eigenvalue weighted by atomic mass is 35.5. The van der Waals surface area contributed by atoms with E-state index in [0.29, 0.717) is 24.3 Å². The van der Waals surface area contributed by atoms with Gasteiger partial charge in [-0.15, -0.1) is 12.4 Å². The first-order valence-electron chi connectivity index (χ1n) is 10.7. The fraction of sp³-hybridized carbons (Fsp3) is 0.696. The summed E-state index contributed by atoms with van der Waals surface area (Å²) in [5.41, 5.74) is 3.89. The van der Waals surface area contributed by atoms with Crippen LogP contribution in [-0.4, -0.2) is 37.0 Å². The predicted octanol–water partition coefficient (Wildman–Crippen LogP) is 5.69. The van der Waals surface area contributed by atoms with E-state index in [-0.39, 0.29) is 12.4 Å². The van der Waals surface area contributed by atoms with Crippen LogP contribution in [0, 0.1) is 6.92 Å². The molecule has 0 bridgehead atoms. The van der Waals surface area contributed by atoms with Crippen LogP contribution in [0.5, 0.6) is 0 Å². The number of likely N-dealkylation sites (tertiary alicyclic amines) is 1. The van der Waals surface area contributed by atoms with Crippen molar-refractivity contribution in [2.45, 2.75) is 83.6 Å². The van der Waals surface area contributed by atoms with Crippen LogP contribution in [0.2, 0.25) is 0 Å². The minimum Gasteiger partial charge on any atom is -0.308 e. The third-order valence-electron chi connectivity index (χ3n) is 6.22. The molecular weight excluding hydrogens is 356 g/mol. The van der Waals surface area contributed by atoms with Crippen molar-refractivity contribution in [1.82, 2.24) is 4.90 Å². The van der Waals surface area contributed by atoms with Crippen molar-refractivity contribution >= 4 is 24.0 Å². The molecule has 2 aliphatic rings. The minimum absolute atomic E-state index is 0. The number of hydrogen-bond acceptors (Lipinski definition) is 2. The number of piperidine rings is 1. The molecule has 0 aromatic heterocycles. The number of amides is 1. The molecule has 1 amide bonds. The molecule has 0 N–H and O–H groups in total. The lowest BCUT2D eigenvalue weighted by molar-refractivity contribution is -0.119. The number of aryl methyl sites for hydroxylation is 1. The molecule has 0 saturated carbocycles. The van der Waals surface area contributed by atoms with Gasteiger partial charge in [0.2, 0.25) is 5.91 Å². The van der Waals surface area contributed by atoms with Crippen molar-refractivity contribution < 1.29 is 4.79 Å². The second kappa shape index (κ2) is 10.5. The highest BCUT2D eigenvalue weighted by molar-refractivity contribution is 5.96. The summed E-state index contributed by atoms with van der Waals surface area (Å²) in [7, 11) is 2.20. The van der Waals surface area contributed by atoms with Crippen LogP contribution >= 0.6 is 12.4 Å². The number of fused-ring (bicyclic) bond motifs is 3. The molecule has 4 heteroatoms. The molecule has 0 radical (unpaired) electrons. The topological polar surface area (TPSA) is 23.6 Å². The number of hydrogen-bond donors (Lipinski definition) is 0. The van der Waals surface area contributed by atoms with Gasteiger partial charge in [-0.05, 0) is 45.0 Å². The van der Waals surface area contributed by atoms with Gasteiger partial charge in [-0.2, -0.15) is 0 Å². The summed E-state index contributed by atoms with van der Waals surface area (Å²) >= 11 is 0. The maximum Gasteiger partial charge on any atom is 0.227 e. The molecule has 152 valence electrons. The minimum atomic E-state index is 0. The number of nitrogens with zero attached hydrogens (tertiary/aromatic N) is 2. The van der Waals surface area contributed by atoms with Crippen LogP contribution in [0.1, 0.15) is 81.8 Å². The molecule has 1 fully saturated rings. The van der Waals surface area contributed by atoms with Crippen molar-refractivity contribution in [3.05, 3.63) is 29.3 Å². The van der Waals surface area contributed by atoms with Crippen LogP contribution in [0.3, 0.4) is 0 Å². The van der Waals surface area contributed by atoms with Gasteiger partial charge in [0.25, 0.3) is 0 Å². The van der Waals surface area contributed by atoms with E-state index < -0.39 is 0 Å². The van der Waals surface area contributed by atoms with Crippen LogP contribution < -0.4 is 4.90 Å². The zero-order valence-corrected chi connectivity index (χ0v) is 18.2. The number of unbranched alkanes of at least 4 members (excludes halogenated alkanes) is 6. The molecule has 2 heterocycles. The van der Waals surface area contributed by atoms with Gasteiger partial charge in [0.05, 0.1) is 0 Å². The first-order valence-corrected chi connectivity index (χ1v) is 10.7. The molecule has 1 saturated heterocycles. The Morgan fingerprint density at radius 1 is 1.11 bits per heavy atom. The van der Waals surface area contributed by atoms with Gasteiger partial charge in [0, 0.05) is 30.6 Å². The summed E-state index contributed by atoms with van der Waals surface area (Å²) < 4.78 is 0. The number of halogens is 1. The fourth-order valence-corrected chi connectivity index (χ4v) is 4.76. The normalized spacial score (nSPS) is 21.5. The van der Waals surface area contributed by atoms with Gasteiger partial charge in [-0.3, -0.25) is 4.79 Å². The van der Waals surface area contributed by atoms with Gasteiger partial charge in [-0.1, -0.05) is 63.1 Å². The predicted molar refractivity (Wildman–Crippen MR) is 117 cm³/mol. The highest BCUT2D eigenvalue weighted by Crippen LogP contribution is 2.45. The van der Waals surface area contributed by atoms with Crippen LogP contribution in [-0.2, 0) is 4.79 Å². The number of carbonyl (C=O) groups is 1. The van der Waals surface area contributed by atoms with Gasteiger partial charge in [-0.25, -0.2) is 0 Å². The summed E-state index contributed by atoms with van der Waals surface area (Å²) in [5.74, 6) is 0.836. The van der Waals surface area contributed by atoms with Crippen molar-refractivity contribution in [1.29, 1.82) is 0 Å². The maximum atomic E-state index is 13.1. The zero-order chi connectivity index (χ0) is 18.5. The van der Waals surface area contributed by atoms with E-state index in [2.05, 4.69) is 48.9 Å². The zero-order valence-electron chi connectivity index (χ0n) is 17.4. The Labute approximate surface area is 171 Å². The van der Waals surface area contributed by atoms with Crippen LogP contribution in [0.4, 0.5) is 5.69 Å². The first kappa shape index (κ1) is 22.2. The Balaban J connectivity index is 0.00000261. The van der Waals surface area contributed by atoms with Crippen molar-refractivity contribution in [2.24, 2.45) is 0 Å². The Bertz CT molecular complexity index is 618. The molecule has 2 aliphatic heterocycles. The lowest BCUT2D eigenvalue weighted by atomic mass is 9.89. The molecule has 3 rings (SSSR count). The maximum absolute atomic E-state index is 13.1. The van der Waals surface area contributed by atoms with Gasteiger partial charge in [0.1, 0.15) is 0 Å². The Hall–Kier alpha value is -1.06. The molecule has 0 spiro atoms. The number of benzene rings is 1. The lowest BCUT2D eigenvalue weighted by Crippen LogP contribution is -2.47. The van der Waals surface area contributed by atoms with Crippen molar-refractivity contribution in [2.75, 3.05) is 25.0 Å². The SMILES string of the molecule is CCCCCCCCCC(=O)N1c2ccc(C)cc2[C@@H]2CN(C)CC[C@H]21.Cl. The lowest BCUT2D eigenvalue weighted by Gasteiger charge is -2.36. The smallest absolute Gasteiger partial charge is 0.227 e. The second-order valence-corrected chi connectivity index (χ2v) is 8.42. The molecule has 0 aliphatic carbocycles. The highest BCUT2D eigenvalue weighted by Gasteiger charge is 2.43. The van der Waals surface area contributed by atoms with E-state index in [1.54, 1.807) is 0 Å². The summed E-state index contributed by atoms with van der Waals surface area (Å²) in [6, 6.07) is 7.03. The van der Waals surface area contributed by atoms with Gasteiger partial charge >= 0.3 is 0 Å². The number of anilines is 1. The monoisotopic (exact) mass is 392 g/mol. The van der Waals surface area contributed by atoms with E-state index in [9.17, 15) is 4.79 Å². The Morgan fingerprint density at radius 2 is 1.81 bits per heavy atom. The molecule has 0 unspecified atom stereocenters. The third-order valence-corrected chi connectivity index (χ3v) is 6.22. The van der Waals surface area contributed by atoms with E-state index in [1.807, 2.05) is 0 Å². The second-order valence-electron chi connectivity index (χ2n) is 8.42. The van der Waals surface area contributed by atoms with Gasteiger partial charge < -0.3 is 9.80 Å². The number of carbonyl (C=O) groups excluding carboxylic acids is 1. The molecule has 1 aromatic carbocycles. The summed E-state index contributed by atoms with van der Waals surface area (Å²) in [6.07, 6.45) is 10.6. The quantitative estimate of drug-likeness (QED) is 0.530. The summed E-state index contributed by atoms with van der Waals surface area (Å²) in [4.78, 5) is 17.7. The number of likely N-dealkylation sites (N-methyl/N-ethyl adjacent to an activating group) is 1. The first-order chi connectivity index (χ1) is 12.6. The van der Waals surface area contributed by atoms with Crippen LogP contribution in [0.25, 0.3) is 0 Å². The molecule has 1 aromatic rings. The average molecular weight is 393 g/mol. The molecule has 27 heavy (non-hydrogen) atoms. The van der Waals surface area contributed by atoms with E-state index in [0.717, 1.165) is 25.9 Å². The number of rotatable bonds is 8. The molecule has 2 atom stereocenters. The van der Waals surface area contributed by atoms with Gasteiger partial charge in [0.15, 0.2) is 0 Å².